The molecular formula is C14H11N3O3S. The third-order valence-corrected chi connectivity index (χ3v) is 3.60. The Morgan fingerprint density at radius 2 is 2.14 bits per heavy atom. The van der Waals surface area contributed by atoms with Gasteiger partial charge in [-0.2, -0.15) is 0 Å². The second-order valence-corrected chi connectivity index (χ2v) is 5.31. The normalized spacial score (nSPS) is 10.9. The molecule has 2 heterocycles. The van der Waals surface area contributed by atoms with E-state index in [4.69, 9.17) is 9.52 Å². The summed E-state index contributed by atoms with van der Waals surface area (Å²) in [4.78, 5) is 15.0. The molecule has 0 radical (unpaired) electrons. The number of carbonyl (C=O) groups is 1. The molecule has 0 aliphatic heterocycles. The molecule has 106 valence electrons. The lowest BCUT2D eigenvalue weighted by Crippen LogP contribution is -1.97. The number of pyridine rings is 1. The van der Waals surface area contributed by atoms with Crippen LogP contribution >= 0.6 is 11.8 Å². The predicted octanol–water partition coefficient (Wildman–Crippen LogP) is 2.77. The standard InChI is InChI=1S/C14H11N3O3S/c1-8-6-10(9-4-2-3-5-11(9)15-8)13-16-17-14(20-13)21-7-12(18)19/h2-6H,7H2,1H3,(H,18,19). The van der Waals surface area contributed by atoms with Gasteiger partial charge in [0, 0.05) is 11.1 Å². The summed E-state index contributed by atoms with van der Waals surface area (Å²) in [5, 5.41) is 17.7. The second kappa shape index (κ2) is 5.53. The molecule has 0 aliphatic rings. The summed E-state index contributed by atoms with van der Waals surface area (Å²) in [7, 11) is 0. The monoisotopic (exact) mass is 301 g/mol. The summed E-state index contributed by atoms with van der Waals surface area (Å²) in [6, 6.07) is 9.56. The van der Waals surface area contributed by atoms with E-state index in [-0.39, 0.29) is 11.0 Å². The highest BCUT2D eigenvalue weighted by molar-refractivity contribution is 7.99. The summed E-state index contributed by atoms with van der Waals surface area (Å²) in [5.74, 6) is -0.674. The van der Waals surface area contributed by atoms with Crippen molar-refractivity contribution in [1.82, 2.24) is 15.2 Å². The zero-order valence-electron chi connectivity index (χ0n) is 11.1. The molecule has 0 aliphatic carbocycles. The van der Waals surface area contributed by atoms with Gasteiger partial charge in [0.1, 0.15) is 5.75 Å². The fraction of sp³-hybridized carbons (Fsp3) is 0.143. The number of para-hydroxylation sites is 1. The first kappa shape index (κ1) is 13.6. The molecule has 0 saturated heterocycles. The van der Waals surface area contributed by atoms with Gasteiger partial charge in [-0.05, 0) is 19.1 Å². The SMILES string of the molecule is Cc1cc(-c2nnc(SCC(=O)O)o2)c2ccccc2n1. The van der Waals surface area contributed by atoms with Gasteiger partial charge >= 0.3 is 5.97 Å². The summed E-state index contributed by atoms with van der Waals surface area (Å²) >= 11 is 0.998. The Bertz CT molecular complexity index is 816. The van der Waals surface area contributed by atoms with Crippen molar-refractivity contribution in [3.05, 3.63) is 36.0 Å². The maximum atomic E-state index is 10.5. The van der Waals surface area contributed by atoms with E-state index in [0.29, 0.717) is 5.89 Å². The van der Waals surface area contributed by atoms with Crippen LogP contribution in [0.5, 0.6) is 0 Å². The Morgan fingerprint density at radius 1 is 1.33 bits per heavy atom. The molecule has 1 N–H and O–H groups in total. The molecule has 2 aromatic heterocycles. The predicted molar refractivity (Wildman–Crippen MR) is 78.1 cm³/mol. The van der Waals surface area contributed by atoms with Crippen LogP contribution < -0.4 is 0 Å². The molecule has 0 saturated carbocycles. The van der Waals surface area contributed by atoms with Gasteiger partial charge in [0.05, 0.1) is 11.1 Å². The van der Waals surface area contributed by atoms with Crippen molar-refractivity contribution >= 4 is 28.6 Å². The van der Waals surface area contributed by atoms with Gasteiger partial charge in [-0.1, -0.05) is 30.0 Å². The van der Waals surface area contributed by atoms with Gasteiger partial charge in [0.2, 0.25) is 5.89 Å². The van der Waals surface area contributed by atoms with Crippen LogP contribution in [0.2, 0.25) is 0 Å². The first-order valence-electron chi connectivity index (χ1n) is 6.18. The zero-order chi connectivity index (χ0) is 14.8. The number of rotatable bonds is 4. The van der Waals surface area contributed by atoms with Gasteiger partial charge in [0.15, 0.2) is 0 Å². The Kier molecular flexibility index (Phi) is 3.57. The first-order valence-corrected chi connectivity index (χ1v) is 7.17. The topological polar surface area (TPSA) is 89.1 Å². The quantitative estimate of drug-likeness (QED) is 0.741. The van der Waals surface area contributed by atoms with Crippen LogP contribution in [0, 0.1) is 6.92 Å². The molecule has 7 heteroatoms. The smallest absolute Gasteiger partial charge is 0.314 e. The van der Waals surface area contributed by atoms with Gasteiger partial charge in [0.25, 0.3) is 5.22 Å². The minimum atomic E-state index is -0.926. The van der Waals surface area contributed by atoms with E-state index in [9.17, 15) is 4.79 Å². The number of aryl methyl sites for hydroxylation is 1. The number of carboxylic acids is 1. The number of hydrogen-bond acceptors (Lipinski definition) is 6. The number of benzene rings is 1. The van der Waals surface area contributed by atoms with Crippen molar-refractivity contribution in [1.29, 1.82) is 0 Å². The Balaban J connectivity index is 2.02. The summed E-state index contributed by atoms with van der Waals surface area (Å²) in [6.07, 6.45) is 0. The molecular weight excluding hydrogens is 290 g/mol. The highest BCUT2D eigenvalue weighted by atomic mass is 32.2. The van der Waals surface area contributed by atoms with Crippen molar-refractivity contribution in [2.45, 2.75) is 12.1 Å². The highest BCUT2D eigenvalue weighted by Gasteiger charge is 2.14. The van der Waals surface area contributed by atoms with Crippen molar-refractivity contribution in [3.8, 4) is 11.5 Å². The Morgan fingerprint density at radius 3 is 2.95 bits per heavy atom. The lowest BCUT2D eigenvalue weighted by atomic mass is 10.1. The maximum Gasteiger partial charge on any atom is 0.314 e. The lowest BCUT2D eigenvalue weighted by Gasteiger charge is -2.03. The van der Waals surface area contributed by atoms with Crippen LogP contribution in [-0.2, 0) is 4.79 Å². The molecule has 3 rings (SSSR count). The average molecular weight is 301 g/mol. The molecule has 1 aromatic carbocycles. The molecule has 0 amide bonds. The van der Waals surface area contributed by atoms with Gasteiger partial charge in [-0.25, -0.2) is 0 Å². The van der Waals surface area contributed by atoms with E-state index in [0.717, 1.165) is 33.9 Å². The fourth-order valence-corrected chi connectivity index (χ4v) is 2.47. The van der Waals surface area contributed by atoms with Gasteiger partial charge < -0.3 is 9.52 Å². The van der Waals surface area contributed by atoms with E-state index in [2.05, 4.69) is 15.2 Å². The van der Waals surface area contributed by atoms with Crippen LogP contribution in [0.3, 0.4) is 0 Å². The van der Waals surface area contributed by atoms with E-state index < -0.39 is 5.97 Å². The van der Waals surface area contributed by atoms with Crippen molar-refractivity contribution in [2.24, 2.45) is 0 Å². The van der Waals surface area contributed by atoms with Crippen LogP contribution in [0.25, 0.3) is 22.4 Å². The Hall–Kier alpha value is -2.41. The van der Waals surface area contributed by atoms with E-state index >= 15 is 0 Å². The number of nitrogens with zero attached hydrogens (tertiary/aromatic N) is 3. The second-order valence-electron chi connectivity index (χ2n) is 4.38. The molecule has 0 spiro atoms. The first-order chi connectivity index (χ1) is 10.1. The van der Waals surface area contributed by atoms with Crippen LogP contribution in [0.4, 0.5) is 0 Å². The van der Waals surface area contributed by atoms with Crippen molar-refractivity contribution in [3.63, 3.8) is 0 Å². The summed E-state index contributed by atoms with van der Waals surface area (Å²) in [5.41, 5.74) is 2.50. The third-order valence-electron chi connectivity index (χ3n) is 2.80. The molecule has 0 bridgehead atoms. The lowest BCUT2D eigenvalue weighted by molar-refractivity contribution is -0.133. The third kappa shape index (κ3) is 2.87. The van der Waals surface area contributed by atoms with Gasteiger partial charge in [-0.3, -0.25) is 9.78 Å². The highest BCUT2D eigenvalue weighted by Crippen LogP contribution is 2.29. The molecule has 3 aromatic rings. The number of thioether (sulfide) groups is 1. The number of fused-ring (bicyclic) bond motifs is 1. The molecule has 0 fully saturated rings. The molecule has 21 heavy (non-hydrogen) atoms. The molecule has 0 atom stereocenters. The van der Waals surface area contributed by atoms with Gasteiger partial charge in [-0.15, -0.1) is 10.2 Å². The number of aromatic nitrogens is 3. The largest absolute Gasteiger partial charge is 0.481 e. The summed E-state index contributed by atoms with van der Waals surface area (Å²) in [6.45, 7) is 1.90. The maximum absolute atomic E-state index is 10.5. The van der Waals surface area contributed by atoms with Crippen LogP contribution in [-0.4, -0.2) is 32.0 Å². The van der Waals surface area contributed by atoms with E-state index in [1.807, 2.05) is 37.3 Å². The van der Waals surface area contributed by atoms with Crippen molar-refractivity contribution in [2.75, 3.05) is 5.75 Å². The fourth-order valence-electron chi connectivity index (χ4n) is 1.99. The van der Waals surface area contributed by atoms with Crippen LogP contribution in [0.15, 0.2) is 40.0 Å². The minimum Gasteiger partial charge on any atom is -0.481 e. The molecule has 6 nitrogen and oxygen atoms in total. The number of carboxylic acid groups (broad SMARTS) is 1. The van der Waals surface area contributed by atoms with E-state index in [1.165, 1.54) is 0 Å². The number of hydrogen-bond donors (Lipinski definition) is 1. The zero-order valence-corrected chi connectivity index (χ0v) is 11.9. The van der Waals surface area contributed by atoms with E-state index in [1.54, 1.807) is 0 Å². The van der Waals surface area contributed by atoms with Crippen molar-refractivity contribution < 1.29 is 14.3 Å². The Labute approximate surface area is 124 Å². The number of aliphatic carboxylic acids is 1. The average Bonchev–Trinajstić information content (AvgIpc) is 2.93. The summed E-state index contributed by atoms with van der Waals surface area (Å²) < 4.78 is 5.53. The molecule has 0 unspecified atom stereocenters. The van der Waals surface area contributed by atoms with Crippen LogP contribution in [0.1, 0.15) is 5.69 Å². The minimum absolute atomic E-state index is 0.113.